The van der Waals surface area contributed by atoms with Crippen molar-refractivity contribution in [1.29, 1.82) is 0 Å². The van der Waals surface area contributed by atoms with Crippen molar-refractivity contribution in [2.75, 3.05) is 19.6 Å². The standard InChI is InChI=1S/C13H25N3O6S/c1-13(2,3)22-12(19)14-7-8-15-23(20,21)16-9-5-4-6-10(16)11(17)18/h10,15H,4-9H2,1-3H3,(H,14,19)(H,17,18). The van der Waals surface area contributed by atoms with Crippen molar-refractivity contribution in [2.24, 2.45) is 0 Å². The SMILES string of the molecule is CC(C)(C)OC(=O)NCCNS(=O)(=O)N1CCCCC1C(=O)O. The van der Waals surface area contributed by atoms with Gasteiger partial charge in [-0.25, -0.2) is 9.52 Å². The Morgan fingerprint density at radius 1 is 1.26 bits per heavy atom. The van der Waals surface area contributed by atoms with E-state index in [0.29, 0.717) is 19.3 Å². The van der Waals surface area contributed by atoms with Gasteiger partial charge < -0.3 is 15.2 Å². The maximum absolute atomic E-state index is 12.2. The van der Waals surface area contributed by atoms with Crippen LogP contribution in [0.2, 0.25) is 0 Å². The Kier molecular flexibility index (Phi) is 6.78. The fourth-order valence-electron chi connectivity index (χ4n) is 2.18. The average Bonchev–Trinajstić information content (AvgIpc) is 2.42. The van der Waals surface area contributed by atoms with Crippen molar-refractivity contribution in [3.05, 3.63) is 0 Å². The number of ether oxygens (including phenoxy) is 1. The molecule has 10 heteroatoms. The van der Waals surface area contributed by atoms with Crippen LogP contribution in [0.1, 0.15) is 40.0 Å². The summed E-state index contributed by atoms with van der Waals surface area (Å²) in [6.07, 6.45) is 0.967. The molecule has 23 heavy (non-hydrogen) atoms. The van der Waals surface area contributed by atoms with Crippen molar-refractivity contribution in [2.45, 2.75) is 51.7 Å². The van der Waals surface area contributed by atoms with Crippen molar-refractivity contribution in [3.63, 3.8) is 0 Å². The lowest BCUT2D eigenvalue weighted by Crippen LogP contribution is -2.53. The first-order chi connectivity index (χ1) is 10.5. The van der Waals surface area contributed by atoms with E-state index in [4.69, 9.17) is 9.84 Å². The quantitative estimate of drug-likeness (QED) is 0.591. The second kappa shape index (κ2) is 7.93. The zero-order valence-electron chi connectivity index (χ0n) is 13.7. The second-order valence-corrected chi connectivity index (χ2v) is 8.00. The number of carbonyl (C=O) groups is 2. The Labute approximate surface area is 136 Å². The molecule has 0 spiro atoms. The van der Waals surface area contributed by atoms with Crippen LogP contribution in [0.4, 0.5) is 4.79 Å². The molecule has 1 amide bonds. The lowest BCUT2D eigenvalue weighted by Gasteiger charge is -2.31. The lowest BCUT2D eigenvalue weighted by molar-refractivity contribution is -0.142. The first kappa shape index (κ1) is 19.7. The smallest absolute Gasteiger partial charge is 0.407 e. The number of alkyl carbamates (subject to hydrolysis) is 1. The Morgan fingerprint density at radius 2 is 1.91 bits per heavy atom. The zero-order chi connectivity index (χ0) is 17.7. The normalized spacial score (nSPS) is 20.0. The number of carboxylic acids is 1. The average molecular weight is 351 g/mol. The van der Waals surface area contributed by atoms with Crippen LogP contribution < -0.4 is 10.0 Å². The molecule has 1 heterocycles. The minimum absolute atomic E-state index is 0.0414. The van der Waals surface area contributed by atoms with Gasteiger partial charge in [0.15, 0.2) is 0 Å². The van der Waals surface area contributed by atoms with Crippen LogP contribution in [-0.2, 0) is 19.7 Å². The minimum Gasteiger partial charge on any atom is -0.480 e. The van der Waals surface area contributed by atoms with Gasteiger partial charge in [-0.3, -0.25) is 4.79 Å². The van der Waals surface area contributed by atoms with E-state index in [1.807, 2.05) is 0 Å². The maximum Gasteiger partial charge on any atom is 0.407 e. The minimum atomic E-state index is -3.90. The number of hydrogen-bond donors (Lipinski definition) is 3. The van der Waals surface area contributed by atoms with Gasteiger partial charge in [0.05, 0.1) is 0 Å². The molecule has 1 fully saturated rings. The Hall–Kier alpha value is -1.39. The van der Waals surface area contributed by atoms with Crippen molar-refractivity contribution < 1.29 is 27.9 Å². The number of nitrogens with zero attached hydrogens (tertiary/aromatic N) is 1. The predicted octanol–water partition coefficient (Wildman–Crippen LogP) is 0.285. The Balaban J connectivity index is 2.46. The van der Waals surface area contributed by atoms with E-state index < -0.39 is 33.9 Å². The largest absolute Gasteiger partial charge is 0.480 e. The molecule has 0 aromatic carbocycles. The molecule has 3 N–H and O–H groups in total. The number of carbonyl (C=O) groups excluding carboxylic acids is 1. The molecule has 0 aliphatic carbocycles. The summed E-state index contributed by atoms with van der Waals surface area (Å²) in [4.78, 5) is 22.6. The van der Waals surface area contributed by atoms with Crippen molar-refractivity contribution >= 4 is 22.3 Å². The molecule has 0 radical (unpaired) electrons. The summed E-state index contributed by atoms with van der Waals surface area (Å²) in [5, 5.41) is 11.5. The highest BCUT2D eigenvalue weighted by atomic mass is 32.2. The van der Waals surface area contributed by atoms with E-state index >= 15 is 0 Å². The molecule has 9 nitrogen and oxygen atoms in total. The fourth-order valence-corrected chi connectivity index (χ4v) is 3.61. The van der Waals surface area contributed by atoms with E-state index in [9.17, 15) is 18.0 Å². The molecule has 0 bridgehead atoms. The maximum atomic E-state index is 12.2. The van der Waals surface area contributed by atoms with E-state index in [-0.39, 0.29) is 19.6 Å². The van der Waals surface area contributed by atoms with Crippen LogP contribution in [0.25, 0.3) is 0 Å². The number of piperidine rings is 1. The molecule has 1 saturated heterocycles. The predicted molar refractivity (Wildman–Crippen MR) is 83.1 cm³/mol. The molecule has 1 atom stereocenters. The van der Waals surface area contributed by atoms with E-state index in [0.717, 1.165) is 4.31 Å². The van der Waals surface area contributed by atoms with Gasteiger partial charge in [0, 0.05) is 19.6 Å². The van der Waals surface area contributed by atoms with Gasteiger partial charge >= 0.3 is 12.1 Å². The first-order valence-corrected chi connectivity index (χ1v) is 8.93. The van der Waals surface area contributed by atoms with Gasteiger partial charge in [-0.1, -0.05) is 0 Å². The van der Waals surface area contributed by atoms with E-state index in [1.165, 1.54) is 0 Å². The molecule has 1 aliphatic heterocycles. The van der Waals surface area contributed by atoms with Crippen LogP contribution in [-0.4, -0.2) is 61.2 Å². The number of carboxylic acid groups (broad SMARTS) is 1. The van der Waals surface area contributed by atoms with Crippen molar-refractivity contribution in [1.82, 2.24) is 14.3 Å². The van der Waals surface area contributed by atoms with Crippen molar-refractivity contribution in [3.8, 4) is 0 Å². The molecule has 134 valence electrons. The van der Waals surface area contributed by atoms with Crippen LogP contribution in [0.15, 0.2) is 0 Å². The molecule has 0 saturated carbocycles. The molecule has 0 aromatic rings. The number of hydrogen-bond acceptors (Lipinski definition) is 5. The summed E-state index contributed by atoms with van der Waals surface area (Å²) < 4.78 is 32.6. The van der Waals surface area contributed by atoms with Gasteiger partial charge in [0.25, 0.3) is 10.2 Å². The summed E-state index contributed by atoms with van der Waals surface area (Å²) in [6, 6.07) is -1.04. The number of aliphatic carboxylic acids is 1. The summed E-state index contributed by atoms with van der Waals surface area (Å²) >= 11 is 0. The highest BCUT2D eigenvalue weighted by molar-refractivity contribution is 7.87. The van der Waals surface area contributed by atoms with Gasteiger partial charge in [-0.15, -0.1) is 0 Å². The van der Waals surface area contributed by atoms with E-state index in [1.54, 1.807) is 20.8 Å². The van der Waals surface area contributed by atoms with Crippen LogP contribution in [0.3, 0.4) is 0 Å². The summed E-state index contributed by atoms with van der Waals surface area (Å²) in [5.74, 6) is -1.15. The van der Waals surface area contributed by atoms with Gasteiger partial charge in [0.2, 0.25) is 0 Å². The third kappa shape index (κ3) is 6.71. The molecule has 1 unspecified atom stereocenters. The van der Waals surface area contributed by atoms with E-state index in [2.05, 4.69) is 10.0 Å². The van der Waals surface area contributed by atoms with Crippen LogP contribution in [0.5, 0.6) is 0 Å². The molecule has 0 aromatic heterocycles. The summed E-state index contributed by atoms with van der Waals surface area (Å²) in [7, 11) is -3.90. The topological polar surface area (TPSA) is 125 Å². The second-order valence-electron chi connectivity index (χ2n) is 6.29. The molecule has 1 rings (SSSR count). The monoisotopic (exact) mass is 351 g/mol. The number of amides is 1. The third-order valence-electron chi connectivity index (χ3n) is 3.13. The first-order valence-electron chi connectivity index (χ1n) is 7.49. The highest BCUT2D eigenvalue weighted by Crippen LogP contribution is 2.19. The van der Waals surface area contributed by atoms with Gasteiger partial charge in [0.1, 0.15) is 11.6 Å². The number of rotatable bonds is 6. The zero-order valence-corrected chi connectivity index (χ0v) is 14.5. The third-order valence-corrected chi connectivity index (χ3v) is 4.75. The van der Waals surface area contributed by atoms with Crippen LogP contribution in [0, 0.1) is 0 Å². The lowest BCUT2D eigenvalue weighted by atomic mass is 10.1. The van der Waals surface area contributed by atoms with Crippen LogP contribution >= 0.6 is 0 Å². The molecular weight excluding hydrogens is 326 g/mol. The summed E-state index contributed by atoms with van der Waals surface area (Å²) in [5.41, 5.74) is -0.633. The Bertz CT molecular complexity index is 528. The molecular formula is C13H25N3O6S. The Morgan fingerprint density at radius 3 is 2.48 bits per heavy atom. The summed E-state index contributed by atoms with van der Waals surface area (Å²) in [6.45, 7) is 5.32. The van der Waals surface area contributed by atoms with Gasteiger partial charge in [-0.05, 0) is 40.0 Å². The molecule has 1 aliphatic rings. The highest BCUT2D eigenvalue weighted by Gasteiger charge is 2.36. The number of nitrogens with one attached hydrogen (secondary N) is 2. The van der Waals surface area contributed by atoms with Gasteiger partial charge in [-0.2, -0.15) is 12.7 Å². The fraction of sp³-hybridized carbons (Fsp3) is 0.846.